The molecule has 1 heterocycles. The summed E-state index contributed by atoms with van der Waals surface area (Å²) in [6, 6.07) is -0.401. The first kappa shape index (κ1) is 14.0. The predicted molar refractivity (Wildman–Crippen MR) is 66.3 cm³/mol. The van der Waals surface area contributed by atoms with E-state index in [1.54, 1.807) is 4.90 Å². The highest BCUT2D eigenvalue weighted by Gasteiger charge is 2.27. The molecule has 0 radical (unpaired) electrons. The topological polar surface area (TPSA) is 66.6 Å². The third-order valence-electron chi connectivity index (χ3n) is 3.15. The zero-order valence-corrected chi connectivity index (χ0v) is 11.0. The average molecular weight is 241 g/mol. The van der Waals surface area contributed by atoms with Crippen molar-refractivity contribution < 1.29 is 9.59 Å². The van der Waals surface area contributed by atoms with Gasteiger partial charge in [-0.05, 0) is 6.42 Å². The van der Waals surface area contributed by atoms with E-state index in [4.69, 9.17) is 5.73 Å². The summed E-state index contributed by atoms with van der Waals surface area (Å²) in [7, 11) is 0. The summed E-state index contributed by atoms with van der Waals surface area (Å²) in [6.07, 6.45) is 0.657. The molecule has 0 aliphatic carbocycles. The largest absolute Gasteiger partial charge is 0.339 e. The van der Waals surface area contributed by atoms with Gasteiger partial charge in [-0.25, -0.2) is 0 Å². The van der Waals surface area contributed by atoms with Gasteiger partial charge in [-0.3, -0.25) is 9.59 Å². The van der Waals surface area contributed by atoms with Crippen LogP contribution in [0.2, 0.25) is 0 Å². The first-order chi connectivity index (χ1) is 7.97. The van der Waals surface area contributed by atoms with E-state index in [0.717, 1.165) is 0 Å². The Morgan fingerprint density at radius 1 is 1.06 bits per heavy atom. The van der Waals surface area contributed by atoms with Gasteiger partial charge < -0.3 is 15.5 Å². The quantitative estimate of drug-likeness (QED) is 0.759. The van der Waals surface area contributed by atoms with Gasteiger partial charge in [0.05, 0.1) is 6.04 Å². The number of hydrogen-bond donors (Lipinski definition) is 1. The number of nitrogens with two attached hydrogens (primary N) is 1. The summed E-state index contributed by atoms with van der Waals surface area (Å²) in [5.74, 6) is 0.191. The lowest BCUT2D eigenvalue weighted by molar-refractivity contribution is -0.142. The molecule has 2 N–H and O–H groups in total. The van der Waals surface area contributed by atoms with Crippen molar-refractivity contribution in [3.63, 3.8) is 0 Å². The summed E-state index contributed by atoms with van der Waals surface area (Å²) >= 11 is 0. The maximum atomic E-state index is 11.8. The lowest BCUT2D eigenvalue weighted by Gasteiger charge is -2.36. The highest BCUT2D eigenvalue weighted by atomic mass is 16.2. The maximum Gasteiger partial charge on any atom is 0.239 e. The molecule has 1 rings (SSSR count). The van der Waals surface area contributed by atoms with Crippen molar-refractivity contribution in [1.29, 1.82) is 0 Å². The Bertz CT molecular complexity index is 283. The average Bonchev–Trinajstić information content (AvgIpc) is 2.36. The number of piperazine rings is 1. The minimum Gasteiger partial charge on any atom is -0.339 e. The summed E-state index contributed by atoms with van der Waals surface area (Å²) < 4.78 is 0. The Morgan fingerprint density at radius 3 is 1.82 bits per heavy atom. The number of carbonyl (C=O) groups excluding carboxylic acids is 2. The molecule has 0 aromatic rings. The molecule has 5 nitrogen and oxygen atoms in total. The number of rotatable bonds is 3. The SMILES string of the molecule is CC[C@@H](N)C(=O)N1CCN(C(=O)C(C)C)CC1. The standard InChI is InChI=1S/C12H23N3O2/c1-4-10(13)12(17)15-7-5-14(6-8-15)11(16)9(2)3/h9-10H,4-8,13H2,1-3H3/t10-/m1/s1. The second-order valence-corrected chi connectivity index (χ2v) is 4.82. The third-order valence-corrected chi connectivity index (χ3v) is 3.15. The molecule has 5 heteroatoms. The minimum atomic E-state index is -0.401. The fourth-order valence-corrected chi connectivity index (χ4v) is 1.92. The van der Waals surface area contributed by atoms with E-state index < -0.39 is 6.04 Å². The zero-order chi connectivity index (χ0) is 13.0. The van der Waals surface area contributed by atoms with Crippen LogP contribution in [0.15, 0.2) is 0 Å². The summed E-state index contributed by atoms with van der Waals surface area (Å²) in [5.41, 5.74) is 5.72. The summed E-state index contributed by atoms with van der Waals surface area (Å²) in [6.45, 7) is 8.15. The lowest BCUT2D eigenvalue weighted by atomic mass is 10.1. The van der Waals surface area contributed by atoms with Gasteiger partial charge >= 0.3 is 0 Å². The smallest absolute Gasteiger partial charge is 0.239 e. The van der Waals surface area contributed by atoms with Crippen LogP contribution in [0.25, 0.3) is 0 Å². The second-order valence-electron chi connectivity index (χ2n) is 4.82. The minimum absolute atomic E-state index is 0.00384. The fraction of sp³-hybridized carbons (Fsp3) is 0.833. The van der Waals surface area contributed by atoms with E-state index in [1.165, 1.54) is 0 Å². The molecule has 0 aromatic carbocycles. The Hall–Kier alpha value is -1.10. The van der Waals surface area contributed by atoms with Gasteiger partial charge in [-0.1, -0.05) is 20.8 Å². The molecule has 0 spiro atoms. The van der Waals surface area contributed by atoms with Crippen molar-refractivity contribution >= 4 is 11.8 Å². The Labute approximate surface area is 103 Å². The van der Waals surface area contributed by atoms with E-state index in [-0.39, 0.29) is 17.7 Å². The fourth-order valence-electron chi connectivity index (χ4n) is 1.92. The van der Waals surface area contributed by atoms with Gasteiger partial charge in [0.2, 0.25) is 11.8 Å². The molecule has 0 saturated carbocycles. The van der Waals surface area contributed by atoms with Gasteiger partial charge in [0, 0.05) is 32.1 Å². The number of hydrogen-bond acceptors (Lipinski definition) is 3. The monoisotopic (exact) mass is 241 g/mol. The molecular formula is C12H23N3O2. The van der Waals surface area contributed by atoms with Gasteiger partial charge in [0.1, 0.15) is 0 Å². The molecule has 0 aromatic heterocycles. The van der Waals surface area contributed by atoms with Crippen LogP contribution >= 0.6 is 0 Å². The molecule has 1 aliphatic heterocycles. The van der Waals surface area contributed by atoms with Crippen molar-refractivity contribution in [3.8, 4) is 0 Å². The maximum absolute atomic E-state index is 11.8. The van der Waals surface area contributed by atoms with Crippen LogP contribution in [0, 0.1) is 5.92 Å². The van der Waals surface area contributed by atoms with E-state index in [2.05, 4.69) is 0 Å². The molecule has 98 valence electrons. The molecule has 1 fully saturated rings. The molecular weight excluding hydrogens is 218 g/mol. The molecule has 17 heavy (non-hydrogen) atoms. The van der Waals surface area contributed by atoms with Crippen LogP contribution in [0.5, 0.6) is 0 Å². The van der Waals surface area contributed by atoms with Gasteiger partial charge in [-0.2, -0.15) is 0 Å². The van der Waals surface area contributed by atoms with Gasteiger partial charge in [0.15, 0.2) is 0 Å². The van der Waals surface area contributed by atoms with Gasteiger partial charge in [0.25, 0.3) is 0 Å². The van der Waals surface area contributed by atoms with Crippen LogP contribution in [0.4, 0.5) is 0 Å². The molecule has 2 amide bonds. The predicted octanol–water partition coefficient (Wildman–Crippen LogP) is 0.0505. The van der Waals surface area contributed by atoms with Crippen LogP contribution in [0.1, 0.15) is 27.2 Å². The van der Waals surface area contributed by atoms with E-state index in [1.807, 2.05) is 25.7 Å². The summed E-state index contributed by atoms with van der Waals surface area (Å²) in [4.78, 5) is 27.2. The van der Waals surface area contributed by atoms with Crippen molar-refractivity contribution in [3.05, 3.63) is 0 Å². The molecule has 0 bridgehead atoms. The summed E-state index contributed by atoms with van der Waals surface area (Å²) in [5, 5.41) is 0. The van der Waals surface area contributed by atoms with Crippen LogP contribution < -0.4 is 5.73 Å². The van der Waals surface area contributed by atoms with Gasteiger partial charge in [-0.15, -0.1) is 0 Å². The third kappa shape index (κ3) is 3.43. The van der Waals surface area contributed by atoms with E-state index >= 15 is 0 Å². The highest BCUT2D eigenvalue weighted by molar-refractivity contribution is 5.82. The van der Waals surface area contributed by atoms with E-state index in [9.17, 15) is 9.59 Å². The number of carbonyl (C=O) groups is 2. The first-order valence-corrected chi connectivity index (χ1v) is 6.30. The molecule has 1 aliphatic rings. The Kier molecular flexibility index (Phi) is 4.93. The van der Waals surface area contributed by atoms with Crippen LogP contribution in [-0.4, -0.2) is 53.8 Å². The van der Waals surface area contributed by atoms with Crippen molar-refractivity contribution in [1.82, 2.24) is 9.80 Å². The molecule has 1 atom stereocenters. The Morgan fingerprint density at radius 2 is 1.47 bits per heavy atom. The van der Waals surface area contributed by atoms with Crippen molar-refractivity contribution in [2.45, 2.75) is 33.2 Å². The first-order valence-electron chi connectivity index (χ1n) is 6.30. The van der Waals surface area contributed by atoms with Crippen molar-refractivity contribution in [2.75, 3.05) is 26.2 Å². The Balaban J connectivity index is 2.46. The van der Waals surface area contributed by atoms with Crippen LogP contribution in [0.3, 0.4) is 0 Å². The lowest BCUT2D eigenvalue weighted by Crippen LogP contribution is -2.54. The number of amides is 2. The normalized spacial score (nSPS) is 18.4. The zero-order valence-electron chi connectivity index (χ0n) is 11.0. The molecule has 0 unspecified atom stereocenters. The van der Waals surface area contributed by atoms with Crippen molar-refractivity contribution in [2.24, 2.45) is 11.7 Å². The second kappa shape index (κ2) is 6.00. The highest BCUT2D eigenvalue weighted by Crippen LogP contribution is 2.08. The van der Waals surface area contributed by atoms with Crippen LogP contribution in [-0.2, 0) is 9.59 Å². The number of nitrogens with zero attached hydrogens (tertiary/aromatic N) is 2. The van der Waals surface area contributed by atoms with E-state index in [0.29, 0.717) is 32.6 Å². The molecule has 1 saturated heterocycles.